The number of nitrogens with one attached hydrogen (secondary N) is 1. The highest BCUT2D eigenvalue weighted by Gasteiger charge is 2.15. The maximum Gasteiger partial charge on any atom is 0.234 e. The van der Waals surface area contributed by atoms with Crippen molar-refractivity contribution in [3.63, 3.8) is 0 Å². The molecule has 3 rings (SSSR count). The Kier molecular flexibility index (Phi) is 6.24. The molecular formula is C20H23N5OS. The molecule has 0 saturated heterocycles. The molecule has 0 saturated carbocycles. The average Bonchev–Trinajstić information content (AvgIpc) is 3.03. The lowest BCUT2D eigenvalue weighted by Crippen LogP contribution is -2.15. The zero-order chi connectivity index (χ0) is 19.2. The monoisotopic (exact) mass is 381 g/mol. The molecule has 0 aliphatic rings. The van der Waals surface area contributed by atoms with Crippen molar-refractivity contribution in [2.45, 2.75) is 38.9 Å². The first-order valence-corrected chi connectivity index (χ1v) is 9.90. The van der Waals surface area contributed by atoms with E-state index in [4.69, 9.17) is 0 Å². The van der Waals surface area contributed by atoms with Crippen LogP contribution < -0.4 is 5.32 Å². The normalized spacial score (nSPS) is 10.8. The van der Waals surface area contributed by atoms with Gasteiger partial charge in [0, 0.05) is 30.2 Å². The molecule has 0 atom stereocenters. The second-order valence-electron chi connectivity index (χ2n) is 6.41. The van der Waals surface area contributed by atoms with E-state index in [1.165, 1.54) is 11.8 Å². The van der Waals surface area contributed by atoms with E-state index in [-0.39, 0.29) is 11.7 Å². The van der Waals surface area contributed by atoms with Crippen LogP contribution in [-0.4, -0.2) is 31.4 Å². The van der Waals surface area contributed by atoms with Crippen LogP contribution in [0.15, 0.2) is 47.9 Å². The molecule has 6 nitrogen and oxygen atoms in total. The number of pyridine rings is 1. The van der Waals surface area contributed by atoms with Crippen LogP contribution in [0.2, 0.25) is 0 Å². The molecule has 7 heteroatoms. The van der Waals surface area contributed by atoms with E-state index in [1.807, 2.05) is 42.7 Å². The minimum atomic E-state index is -0.0565. The molecule has 0 fully saturated rings. The van der Waals surface area contributed by atoms with Crippen molar-refractivity contribution in [1.29, 1.82) is 0 Å². The summed E-state index contributed by atoms with van der Waals surface area (Å²) in [5.74, 6) is 1.00. The summed E-state index contributed by atoms with van der Waals surface area (Å²) in [7, 11) is 0. The van der Waals surface area contributed by atoms with Crippen LogP contribution >= 0.6 is 11.8 Å². The summed E-state index contributed by atoms with van der Waals surface area (Å²) < 4.78 is 2.05. The Labute approximate surface area is 163 Å². The number of benzene rings is 1. The van der Waals surface area contributed by atoms with E-state index in [1.54, 1.807) is 12.4 Å². The molecule has 140 valence electrons. The number of hydrogen-bond acceptors (Lipinski definition) is 5. The lowest BCUT2D eigenvalue weighted by molar-refractivity contribution is -0.113. The molecular weight excluding hydrogens is 358 g/mol. The molecule has 3 aromatic rings. The first kappa shape index (κ1) is 19.1. The summed E-state index contributed by atoms with van der Waals surface area (Å²) in [5, 5.41) is 12.3. The van der Waals surface area contributed by atoms with Crippen LogP contribution in [0.5, 0.6) is 0 Å². The minimum Gasteiger partial charge on any atom is -0.325 e. The quantitative estimate of drug-likeness (QED) is 0.624. The molecule has 27 heavy (non-hydrogen) atoms. The number of anilines is 1. The summed E-state index contributed by atoms with van der Waals surface area (Å²) in [6, 6.07) is 9.86. The minimum absolute atomic E-state index is 0.0565. The molecule has 1 N–H and O–H groups in total. The fraction of sp³-hybridized carbons (Fsp3) is 0.300. The van der Waals surface area contributed by atoms with Crippen LogP contribution in [0.3, 0.4) is 0 Å². The molecule has 0 radical (unpaired) electrons. The third-order valence-electron chi connectivity index (χ3n) is 3.92. The van der Waals surface area contributed by atoms with Gasteiger partial charge in [-0.05, 0) is 55.7 Å². The maximum atomic E-state index is 12.4. The second-order valence-corrected chi connectivity index (χ2v) is 7.36. The Morgan fingerprint density at radius 3 is 2.63 bits per heavy atom. The fourth-order valence-electron chi connectivity index (χ4n) is 2.90. The predicted octanol–water partition coefficient (Wildman–Crippen LogP) is 4.10. The Morgan fingerprint density at radius 1 is 1.19 bits per heavy atom. The Balaban J connectivity index is 1.70. The number of rotatable bonds is 7. The molecule has 1 aromatic carbocycles. The van der Waals surface area contributed by atoms with Gasteiger partial charge in [0.15, 0.2) is 11.0 Å². The van der Waals surface area contributed by atoms with Crippen LogP contribution in [0.25, 0.3) is 11.4 Å². The zero-order valence-corrected chi connectivity index (χ0v) is 16.6. The van der Waals surface area contributed by atoms with Gasteiger partial charge in [-0.3, -0.25) is 9.78 Å². The van der Waals surface area contributed by atoms with Crippen molar-refractivity contribution in [3.05, 3.63) is 53.9 Å². The number of aromatic nitrogens is 4. The highest BCUT2D eigenvalue weighted by Crippen LogP contribution is 2.24. The first-order chi connectivity index (χ1) is 13.1. The highest BCUT2D eigenvalue weighted by atomic mass is 32.2. The Morgan fingerprint density at radius 2 is 1.96 bits per heavy atom. The summed E-state index contributed by atoms with van der Waals surface area (Å²) in [5.41, 5.74) is 4.00. The second kappa shape index (κ2) is 8.81. The SMILES string of the molecule is CCCn1c(SCC(=O)Nc2cc(C)cc(C)c2)nnc1-c1cccnc1. The molecule has 0 aliphatic carbocycles. The Hall–Kier alpha value is -2.67. The van der Waals surface area contributed by atoms with Gasteiger partial charge in [0.1, 0.15) is 0 Å². The van der Waals surface area contributed by atoms with Gasteiger partial charge >= 0.3 is 0 Å². The predicted molar refractivity (Wildman–Crippen MR) is 109 cm³/mol. The summed E-state index contributed by atoms with van der Waals surface area (Å²) >= 11 is 1.40. The van der Waals surface area contributed by atoms with Gasteiger partial charge in [0.05, 0.1) is 5.75 Å². The molecule has 0 aliphatic heterocycles. The molecule has 2 heterocycles. The number of aryl methyl sites for hydroxylation is 2. The van der Waals surface area contributed by atoms with E-state index in [9.17, 15) is 4.79 Å². The van der Waals surface area contributed by atoms with Gasteiger partial charge in [-0.15, -0.1) is 10.2 Å². The molecule has 0 unspecified atom stereocenters. The molecule has 0 bridgehead atoms. The summed E-state index contributed by atoms with van der Waals surface area (Å²) in [6.07, 6.45) is 4.46. The summed E-state index contributed by atoms with van der Waals surface area (Å²) in [4.78, 5) is 16.5. The fourth-order valence-corrected chi connectivity index (χ4v) is 3.67. The van der Waals surface area contributed by atoms with Gasteiger partial charge in [-0.2, -0.15) is 0 Å². The van der Waals surface area contributed by atoms with E-state index in [0.29, 0.717) is 0 Å². The lowest BCUT2D eigenvalue weighted by atomic mass is 10.1. The molecule has 1 amide bonds. The van der Waals surface area contributed by atoms with Crippen molar-refractivity contribution in [3.8, 4) is 11.4 Å². The van der Waals surface area contributed by atoms with E-state index in [0.717, 1.165) is 46.3 Å². The van der Waals surface area contributed by atoms with Crippen molar-refractivity contribution in [1.82, 2.24) is 19.7 Å². The van der Waals surface area contributed by atoms with Crippen LogP contribution in [0.4, 0.5) is 5.69 Å². The largest absolute Gasteiger partial charge is 0.325 e. The smallest absolute Gasteiger partial charge is 0.234 e. The van der Waals surface area contributed by atoms with Crippen LogP contribution in [0.1, 0.15) is 24.5 Å². The Bertz CT molecular complexity index is 903. The van der Waals surface area contributed by atoms with Crippen molar-refractivity contribution >= 4 is 23.4 Å². The van der Waals surface area contributed by atoms with E-state index >= 15 is 0 Å². The number of nitrogens with zero attached hydrogens (tertiary/aromatic N) is 4. The lowest BCUT2D eigenvalue weighted by Gasteiger charge is -2.09. The van der Waals surface area contributed by atoms with Crippen LogP contribution in [-0.2, 0) is 11.3 Å². The van der Waals surface area contributed by atoms with Gasteiger partial charge in [-0.1, -0.05) is 24.8 Å². The zero-order valence-electron chi connectivity index (χ0n) is 15.8. The highest BCUT2D eigenvalue weighted by molar-refractivity contribution is 7.99. The first-order valence-electron chi connectivity index (χ1n) is 8.91. The van der Waals surface area contributed by atoms with E-state index in [2.05, 4.69) is 33.5 Å². The number of carbonyl (C=O) groups excluding carboxylic acids is 1. The van der Waals surface area contributed by atoms with Gasteiger partial charge in [0.25, 0.3) is 0 Å². The number of hydrogen-bond donors (Lipinski definition) is 1. The molecule has 2 aromatic heterocycles. The third-order valence-corrected chi connectivity index (χ3v) is 4.89. The number of thioether (sulfide) groups is 1. The van der Waals surface area contributed by atoms with Crippen LogP contribution in [0, 0.1) is 13.8 Å². The van der Waals surface area contributed by atoms with Gasteiger partial charge in [-0.25, -0.2) is 0 Å². The number of carbonyl (C=O) groups is 1. The summed E-state index contributed by atoms with van der Waals surface area (Å²) in [6.45, 7) is 6.93. The molecule has 0 spiro atoms. The van der Waals surface area contributed by atoms with Crippen molar-refractivity contribution in [2.24, 2.45) is 0 Å². The maximum absolute atomic E-state index is 12.4. The van der Waals surface area contributed by atoms with E-state index < -0.39 is 0 Å². The number of amides is 1. The average molecular weight is 382 g/mol. The van der Waals surface area contributed by atoms with Gasteiger partial charge in [0.2, 0.25) is 5.91 Å². The standard InChI is InChI=1S/C20H23N5OS/c1-4-8-25-19(16-6-5-7-21-12-16)23-24-20(25)27-13-18(26)22-17-10-14(2)9-15(3)11-17/h5-7,9-12H,4,8,13H2,1-3H3,(H,22,26). The topological polar surface area (TPSA) is 72.7 Å². The van der Waals surface area contributed by atoms with Crippen molar-refractivity contribution < 1.29 is 4.79 Å². The van der Waals surface area contributed by atoms with Crippen molar-refractivity contribution in [2.75, 3.05) is 11.1 Å². The van der Waals surface area contributed by atoms with Gasteiger partial charge < -0.3 is 9.88 Å². The third kappa shape index (κ3) is 4.95.